The number of hydrogen-bond acceptors (Lipinski definition) is 7. The maximum absolute atomic E-state index is 13.2. The fraction of sp³-hybridized carbons (Fsp3) is 0.481. The Morgan fingerprint density at radius 1 is 1.09 bits per heavy atom. The number of carbonyl (C=O) groups is 2. The fourth-order valence-corrected chi connectivity index (χ4v) is 3.77. The van der Waals surface area contributed by atoms with E-state index in [9.17, 15) is 19.8 Å². The van der Waals surface area contributed by atoms with Gasteiger partial charge in [-0.3, -0.25) is 9.59 Å². The second kappa shape index (κ2) is 10.9. The van der Waals surface area contributed by atoms with E-state index < -0.39 is 35.4 Å². The molecule has 0 radical (unpaired) electrons. The van der Waals surface area contributed by atoms with Crippen molar-refractivity contribution in [2.45, 2.75) is 70.7 Å². The smallest absolute Gasteiger partial charge is 0.316 e. The first-order valence-corrected chi connectivity index (χ1v) is 11.7. The molecule has 0 aromatic heterocycles. The highest BCUT2D eigenvalue weighted by atomic mass is 16.6. The van der Waals surface area contributed by atoms with Gasteiger partial charge in [0.2, 0.25) is 0 Å². The average Bonchev–Trinajstić information content (AvgIpc) is 2.82. The molecule has 1 fully saturated rings. The first-order chi connectivity index (χ1) is 16.4. The number of anilines is 1. The number of aliphatic hydroxyl groups is 2. The van der Waals surface area contributed by atoms with E-state index in [1.165, 1.54) is 4.90 Å². The third-order valence-corrected chi connectivity index (χ3v) is 5.80. The maximum Gasteiger partial charge on any atom is 0.316 e. The van der Waals surface area contributed by atoms with Crippen molar-refractivity contribution in [2.24, 2.45) is 0 Å². The van der Waals surface area contributed by atoms with Gasteiger partial charge in [0.1, 0.15) is 12.7 Å². The number of hydrogen-bond donors (Lipinski definition) is 2. The summed E-state index contributed by atoms with van der Waals surface area (Å²) in [7, 11) is 0. The molecule has 3 rings (SSSR count). The summed E-state index contributed by atoms with van der Waals surface area (Å²) in [5.41, 5.74) is 0.457. The number of carbonyl (C=O) groups excluding carboxylic acids is 2. The lowest BCUT2D eigenvalue weighted by Gasteiger charge is -2.37. The van der Waals surface area contributed by atoms with Crippen molar-refractivity contribution >= 4 is 17.6 Å². The van der Waals surface area contributed by atoms with E-state index in [-0.39, 0.29) is 25.7 Å². The molecule has 8 nitrogen and oxygen atoms in total. The van der Waals surface area contributed by atoms with Crippen LogP contribution < -0.4 is 4.90 Å². The molecule has 190 valence electrons. The average molecular weight is 486 g/mol. The van der Waals surface area contributed by atoms with Gasteiger partial charge in [0.25, 0.3) is 5.91 Å². The molecule has 1 heterocycles. The van der Waals surface area contributed by atoms with Gasteiger partial charge in [0.15, 0.2) is 12.4 Å². The molecule has 1 aliphatic rings. The first kappa shape index (κ1) is 26.8. The lowest BCUT2D eigenvalue weighted by molar-refractivity contribution is -0.233. The Morgan fingerprint density at radius 3 is 2.43 bits per heavy atom. The SMILES string of the molecule is CC(C)(C)OC(O)[C@H](O)[C@H]1OCCN(c2cccc(C(C)(C)C(=O)OCc3ccccc3)c2)C1=O. The van der Waals surface area contributed by atoms with Gasteiger partial charge in [-0.2, -0.15) is 0 Å². The number of amides is 1. The molecule has 1 aliphatic heterocycles. The highest BCUT2D eigenvalue weighted by Gasteiger charge is 2.41. The molecular weight excluding hydrogens is 450 g/mol. The van der Waals surface area contributed by atoms with Crippen LogP contribution >= 0.6 is 0 Å². The summed E-state index contributed by atoms with van der Waals surface area (Å²) in [5, 5.41) is 20.8. The van der Waals surface area contributed by atoms with Crippen molar-refractivity contribution < 1.29 is 34.0 Å². The van der Waals surface area contributed by atoms with E-state index >= 15 is 0 Å². The highest BCUT2D eigenvalue weighted by Crippen LogP contribution is 2.30. The minimum atomic E-state index is -1.59. The van der Waals surface area contributed by atoms with Gasteiger partial charge in [-0.25, -0.2) is 0 Å². The summed E-state index contributed by atoms with van der Waals surface area (Å²) in [6, 6.07) is 16.5. The molecule has 0 spiro atoms. The van der Waals surface area contributed by atoms with Gasteiger partial charge in [0.05, 0.1) is 17.6 Å². The van der Waals surface area contributed by atoms with E-state index in [1.807, 2.05) is 36.4 Å². The van der Waals surface area contributed by atoms with Crippen molar-refractivity contribution in [3.63, 3.8) is 0 Å². The van der Waals surface area contributed by atoms with Gasteiger partial charge in [-0.15, -0.1) is 0 Å². The Hall–Kier alpha value is -2.78. The molecule has 8 heteroatoms. The molecular formula is C27H35NO7. The standard InChI is InChI=1S/C27H35NO7/c1-26(2,3)35-24(31)21(29)22-23(30)28(14-15-33-22)20-13-9-12-19(16-20)27(4,5)25(32)34-17-18-10-7-6-8-11-18/h6-13,16,21-22,24,29,31H,14-15,17H2,1-5H3/t21-,22-,24?/m1/s1. The van der Waals surface area contributed by atoms with Crippen LogP contribution in [0.1, 0.15) is 45.7 Å². The number of nitrogens with zero attached hydrogens (tertiary/aromatic N) is 1. The highest BCUT2D eigenvalue weighted by molar-refractivity contribution is 5.98. The molecule has 1 unspecified atom stereocenters. The summed E-state index contributed by atoms with van der Waals surface area (Å²) in [4.78, 5) is 27.6. The molecule has 2 aromatic rings. The quantitative estimate of drug-likeness (QED) is 0.437. The van der Waals surface area contributed by atoms with Crippen molar-refractivity contribution in [2.75, 3.05) is 18.1 Å². The predicted octanol–water partition coefficient (Wildman–Crippen LogP) is 2.93. The van der Waals surface area contributed by atoms with Gasteiger partial charge >= 0.3 is 5.97 Å². The Bertz CT molecular complexity index is 1020. The van der Waals surface area contributed by atoms with Crippen molar-refractivity contribution in [3.05, 3.63) is 65.7 Å². The zero-order valence-electron chi connectivity index (χ0n) is 20.9. The number of ether oxygens (including phenoxy) is 3. The predicted molar refractivity (Wildman–Crippen MR) is 131 cm³/mol. The summed E-state index contributed by atoms with van der Waals surface area (Å²) in [6.07, 6.45) is -4.43. The van der Waals surface area contributed by atoms with Gasteiger partial charge in [-0.1, -0.05) is 42.5 Å². The lowest BCUT2D eigenvalue weighted by atomic mass is 9.84. The Labute approximate surface area is 206 Å². The zero-order valence-corrected chi connectivity index (χ0v) is 20.9. The maximum atomic E-state index is 13.2. The van der Waals surface area contributed by atoms with Crippen LogP contribution in [0.3, 0.4) is 0 Å². The van der Waals surface area contributed by atoms with Crippen LogP contribution in [0.25, 0.3) is 0 Å². The fourth-order valence-electron chi connectivity index (χ4n) is 3.77. The van der Waals surface area contributed by atoms with Crippen LogP contribution in [0.2, 0.25) is 0 Å². The number of esters is 1. The van der Waals surface area contributed by atoms with Crippen LogP contribution in [-0.4, -0.2) is 59.3 Å². The van der Waals surface area contributed by atoms with Crippen LogP contribution in [0.4, 0.5) is 5.69 Å². The van der Waals surface area contributed by atoms with Gasteiger partial charge in [-0.05, 0) is 57.9 Å². The second-order valence-electron chi connectivity index (χ2n) is 10.1. The van der Waals surface area contributed by atoms with E-state index in [1.54, 1.807) is 52.8 Å². The monoisotopic (exact) mass is 485 g/mol. The Kier molecular flexibility index (Phi) is 8.33. The molecule has 1 amide bonds. The summed E-state index contributed by atoms with van der Waals surface area (Å²) < 4.78 is 16.4. The molecule has 2 N–H and O–H groups in total. The van der Waals surface area contributed by atoms with Crippen molar-refractivity contribution in [3.8, 4) is 0 Å². The Balaban J connectivity index is 1.74. The second-order valence-corrected chi connectivity index (χ2v) is 10.1. The number of morpholine rings is 1. The summed E-state index contributed by atoms with van der Waals surface area (Å²) in [6.45, 7) is 9.34. The molecule has 3 atom stereocenters. The summed E-state index contributed by atoms with van der Waals surface area (Å²) in [5.74, 6) is -0.885. The molecule has 1 saturated heterocycles. The molecule has 0 saturated carbocycles. The summed E-state index contributed by atoms with van der Waals surface area (Å²) >= 11 is 0. The lowest BCUT2D eigenvalue weighted by Crippen LogP contribution is -2.56. The molecule has 35 heavy (non-hydrogen) atoms. The van der Waals surface area contributed by atoms with E-state index in [4.69, 9.17) is 14.2 Å². The topological polar surface area (TPSA) is 106 Å². The Morgan fingerprint density at radius 2 is 1.77 bits per heavy atom. The minimum Gasteiger partial charge on any atom is -0.460 e. The number of benzene rings is 2. The van der Waals surface area contributed by atoms with Crippen LogP contribution in [0, 0.1) is 0 Å². The van der Waals surface area contributed by atoms with E-state index in [2.05, 4.69) is 0 Å². The van der Waals surface area contributed by atoms with Gasteiger partial charge in [0, 0.05) is 12.2 Å². The van der Waals surface area contributed by atoms with E-state index in [0.717, 1.165) is 5.56 Å². The molecule has 0 bridgehead atoms. The third kappa shape index (κ3) is 6.67. The minimum absolute atomic E-state index is 0.169. The number of rotatable bonds is 8. The van der Waals surface area contributed by atoms with Crippen LogP contribution in [0.15, 0.2) is 54.6 Å². The van der Waals surface area contributed by atoms with Crippen LogP contribution in [0.5, 0.6) is 0 Å². The first-order valence-electron chi connectivity index (χ1n) is 11.7. The largest absolute Gasteiger partial charge is 0.460 e. The normalized spacial score (nSPS) is 18.8. The van der Waals surface area contributed by atoms with E-state index in [0.29, 0.717) is 11.3 Å². The van der Waals surface area contributed by atoms with Crippen molar-refractivity contribution in [1.82, 2.24) is 0 Å². The zero-order chi connectivity index (χ0) is 25.8. The van der Waals surface area contributed by atoms with Crippen molar-refractivity contribution in [1.29, 1.82) is 0 Å². The van der Waals surface area contributed by atoms with Crippen LogP contribution in [-0.2, 0) is 35.8 Å². The molecule has 2 aromatic carbocycles. The van der Waals surface area contributed by atoms with Gasteiger partial charge < -0.3 is 29.3 Å². The molecule has 0 aliphatic carbocycles. The third-order valence-electron chi connectivity index (χ3n) is 5.80. The number of aliphatic hydroxyl groups excluding tert-OH is 2.